The number of ether oxygens (including phenoxy) is 1. The zero-order chi connectivity index (χ0) is 24.1. The van der Waals surface area contributed by atoms with Crippen molar-refractivity contribution < 1.29 is 9.15 Å². The fraction of sp³-hybridized carbons (Fsp3) is 0. The van der Waals surface area contributed by atoms with Gasteiger partial charge in [0, 0.05) is 38.6 Å². The van der Waals surface area contributed by atoms with Crippen molar-refractivity contribution in [2.24, 2.45) is 0 Å². The van der Waals surface area contributed by atoms with E-state index in [2.05, 4.69) is 71.3 Å². The summed E-state index contributed by atoms with van der Waals surface area (Å²) in [4.78, 5) is 9.89. The van der Waals surface area contributed by atoms with Crippen LogP contribution in [0.5, 0.6) is 11.5 Å². The van der Waals surface area contributed by atoms with E-state index in [4.69, 9.17) is 19.1 Å². The predicted molar refractivity (Wildman–Crippen MR) is 147 cm³/mol. The normalized spacial score (nSPS) is 12.5. The minimum Gasteiger partial charge on any atom is -0.456 e. The molecule has 9 rings (SSSR count). The second kappa shape index (κ2) is 6.74. The van der Waals surface area contributed by atoms with E-state index in [1.54, 1.807) is 6.20 Å². The van der Waals surface area contributed by atoms with Gasteiger partial charge in [0.15, 0.2) is 5.75 Å². The first kappa shape index (κ1) is 19.1. The molecule has 0 fully saturated rings. The van der Waals surface area contributed by atoms with Crippen LogP contribution in [0.1, 0.15) is 0 Å². The van der Waals surface area contributed by atoms with Crippen molar-refractivity contribution in [1.29, 1.82) is 0 Å². The Hall–Kier alpha value is -5.16. The second-order valence-corrected chi connectivity index (χ2v) is 9.46. The van der Waals surface area contributed by atoms with Crippen molar-refractivity contribution in [2.45, 2.75) is 0 Å². The van der Waals surface area contributed by atoms with Crippen LogP contribution in [-0.4, -0.2) is 14.5 Å². The van der Waals surface area contributed by atoms with E-state index in [0.29, 0.717) is 11.7 Å². The van der Waals surface area contributed by atoms with Crippen molar-refractivity contribution >= 4 is 54.5 Å². The molecule has 0 amide bonds. The van der Waals surface area contributed by atoms with Crippen molar-refractivity contribution in [3.63, 3.8) is 0 Å². The maximum atomic E-state index is 6.24. The van der Waals surface area contributed by atoms with E-state index in [-0.39, 0.29) is 0 Å². The fourth-order valence-corrected chi connectivity index (χ4v) is 5.85. The van der Waals surface area contributed by atoms with E-state index in [0.717, 1.165) is 71.5 Å². The minimum atomic E-state index is 0.598. The molecule has 0 radical (unpaired) electrons. The summed E-state index contributed by atoms with van der Waals surface area (Å²) in [6.45, 7) is 0. The second-order valence-electron chi connectivity index (χ2n) is 9.46. The molecular formula is C32H17N3O2. The molecule has 5 heteroatoms. The molecule has 0 N–H and O–H groups in total. The minimum absolute atomic E-state index is 0.598. The van der Waals surface area contributed by atoms with Gasteiger partial charge in [-0.25, -0.2) is 9.97 Å². The number of benzene rings is 5. The van der Waals surface area contributed by atoms with Gasteiger partial charge in [0.25, 0.3) is 0 Å². The Balaban J connectivity index is 1.37. The number of nitrogens with zero attached hydrogens (tertiary/aromatic N) is 3. The predicted octanol–water partition coefficient (Wildman–Crippen LogP) is 8.40. The number of rotatable bonds is 1. The lowest BCUT2D eigenvalue weighted by atomic mass is 9.99. The highest BCUT2D eigenvalue weighted by atomic mass is 16.5. The summed E-state index contributed by atoms with van der Waals surface area (Å²) in [6, 6.07) is 33.3. The summed E-state index contributed by atoms with van der Waals surface area (Å²) in [7, 11) is 0. The van der Waals surface area contributed by atoms with Crippen LogP contribution in [0.15, 0.2) is 108 Å². The van der Waals surface area contributed by atoms with Gasteiger partial charge in [-0.15, -0.1) is 0 Å². The number of fused-ring (bicyclic) bond motifs is 8. The number of hydrogen-bond donors (Lipinski definition) is 0. The van der Waals surface area contributed by atoms with E-state index >= 15 is 0 Å². The van der Waals surface area contributed by atoms with E-state index in [1.807, 2.05) is 30.3 Å². The van der Waals surface area contributed by atoms with Gasteiger partial charge in [-0.05, 0) is 29.7 Å². The van der Waals surface area contributed by atoms with Crippen molar-refractivity contribution in [3.05, 3.63) is 103 Å². The average Bonchev–Trinajstić information content (AvgIpc) is 3.47. The van der Waals surface area contributed by atoms with Crippen LogP contribution < -0.4 is 4.74 Å². The van der Waals surface area contributed by atoms with Crippen LogP contribution in [0.4, 0.5) is 0 Å². The summed E-state index contributed by atoms with van der Waals surface area (Å²) < 4.78 is 14.6. The van der Waals surface area contributed by atoms with Gasteiger partial charge in [0.1, 0.15) is 22.6 Å². The summed E-state index contributed by atoms with van der Waals surface area (Å²) in [6.07, 6.45) is 1.78. The molecule has 0 atom stereocenters. The molecular weight excluding hydrogens is 458 g/mol. The largest absolute Gasteiger partial charge is 0.456 e. The van der Waals surface area contributed by atoms with Crippen LogP contribution in [0.25, 0.3) is 71.7 Å². The Labute approximate surface area is 210 Å². The molecule has 0 bridgehead atoms. The molecule has 5 nitrogen and oxygen atoms in total. The molecule has 1 aliphatic heterocycles. The summed E-state index contributed by atoms with van der Waals surface area (Å²) >= 11 is 0. The molecule has 0 saturated carbocycles. The Morgan fingerprint density at radius 2 is 1.46 bits per heavy atom. The maximum Gasteiger partial charge on any atom is 0.235 e. The highest BCUT2D eigenvalue weighted by Crippen LogP contribution is 2.45. The van der Waals surface area contributed by atoms with Crippen LogP contribution in [-0.2, 0) is 0 Å². The van der Waals surface area contributed by atoms with Crippen molar-refractivity contribution in [1.82, 2.24) is 14.5 Å². The van der Waals surface area contributed by atoms with Gasteiger partial charge in [-0.1, -0.05) is 66.7 Å². The highest BCUT2D eigenvalue weighted by Gasteiger charge is 2.24. The summed E-state index contributed by atoms with van der Waals surface area (Å²) in [5, 5.41) is 6.71. The van der Waals surface area contributed by atoms with E-state index in [1.165, 1.54) is 0 Å². The highest BCUT2D eigenvalue weighted by molar-refractivity contribution is 6.17. The molecule has 37 heavy (non-hydrogen) atoms. The molecule has 3 aromatic heterocycles. The SMILES string of the molecule is c1cc2c3c(cccc3c1)-c1nc(-n3c4ccccc4c4cc5c(cc43)oc3ccccc35)ncc1O2. The quantitative estimate of drug-likeness (QED) is 0.239. The Morgan fingerprint density at radius 3 is 2.41 bits per heavy atom. The van der Waals surface area contributed by atoms with Crippen molar-refractivity contribution in [2.75, 3.05) is 0 Å². The van der Waals surface area contributed by atoms with E-state index < -0.39 is 0 Å². The number of para-hydroxylation sites is 2. The van der Waals surface area contributed by atoms with Gasteiger partial charge in [-0.3, -0.25) is 4.57 Å². The fourth-order valence-electron chi connectivity index (χ4n) is 5.85. The lowest BCUT2D eigenvalue weighted by Gasteiger charge is -2.20. The topological polar surface area (TPSA) is 53.1 Å². The summed E-state index contributed by atoms with van der Waals surface area (Å²) in [5.74, 6) is 2.09. The van der Waals surface area contributed by atoms with Gasteiger partial charge < -0.3 is 9.15 Å². The number of aromatic nitrogens is 3. The monoisotopic (exact) mass is 475 g/mol. The van der Waals surface area contributed by atoms with Crippen LogP contribution >= 0.6 is 0 Å². The molecule has 0 aliphatic carbocycles. The Morgan fingerprint density at radius 1 is 0.622 bits per heavy atom. The lowest BCUT2D eigenvalue weighted by Crippen LogP contribution is -2.06. The first-order valence-corrected chi connectivity index (χ1v) is 12.3. The molecule has 5 aromatic carbocycles. The number of hydrogen-bond acceptors (Lipinski definition) is 4. The molecule has 0 unspecified atom stereocenters. The number of furan rings is 1. The molecule has 172 valence electrons. The third-order valence-electron chi connectivity index (χ3n) is 7.46. The van der Waals surface area contributed by atoms with Gasteiger partial charge >= 0.3 is 0 Å². The van der Waals surface area contributed by atoms with E-state index in [9.17, 15) is 0 Å². The van der Waals surface area contributed by atoms with Crippen LogP contribution in [0.3, 0.4) is 0 Å². The standard InChI is InChI=1S/C32H17N3O2/c1-3-12-24-19(9-1)22-15-23-20-10-2-4-13-26(20)36-28(23)16-25(22)35(24)32-33-17-29-31(34-32)21-11-5-7-18-8-6-14-27(37-29)30(18)21/h1-17H. The van der Waals surface area contributed by atoms with Gasteiger partial charge in [0.2, 0.25) is 5.95 Å². The Bertz CT molecular complexity index is 2230. The molecule has 8 aromatic rings. The first-order valence-electron chi connectivity index (χ1n) is 12.3. The van der Waals surface area contributed by atoms with Crippen molar-refractivity contribution in [3.8, 4) is 28.7 Å². The Kier molecular flexibility index (Phi) is 3.47. The van der Waals surface area contributed by atoms with Gasteiger partial charge in [-0.2, -0.15) is 0 Å². The smallest absolute Gasteiger partial charge is 0.235 e. The first-order chi connectivity index (χ1) is 18.3. The molecule has 1 aliphatic rings. The molecule has 0 spiro atoms. The molecule has 0 saturated heterocycles. The molecule has 4 heterocycles. The van der Waals surface area contributed by atoms with Crippen LogP contribution in [0.2, 0.25) is 0 Å². The lowest BCUT2D eigenvalue weighted by molar-refractivity contribution is 0.481. The van der Waals surface area contributed by atoms with Crippen LogP contribution in [0, 0.1) is 0 Å². The third-order valence-corrected chi connectivity index (χ3v) is 7.46. The zero-order valence-corrected chi connectivity index (χ0v) is 19.5. The third kappa shape index (κ3) is 2.47. The average molecular weight is 476 g/mol. The maximum absolute atomic E-state index is 6.24. The summed E-state index contributed by atoms with van der Waals surface area (Å²) in [5.41, 5.74) is 5.63. The van der Waals surface area contributed by atoms with Gasteiger partial charge in [0.05, 0.1) is 17.2 Å². The zero-order valence-electron chi connectivity index (χ0n) is 19.5.